The van der Waals surface area contributed by atoms with Gasteiger partial charge >= 0.3 is 5.97 Å². The summed E-state index contributed by atoms with van der Waals surface area (Å²) < 4.78 is 3.18. The number of carboxylic acid groups (broad SMARTS) is 1. The summed E-state index contributed by atoms with van der Waals surface area (Å²) in [5.74, 6) is -0.326. The molecule has 0 aliphatic heterocycles. The number of halogens is 1. The molecule has 0 aromatic carbocycles. The molecule has 2 rings (SSSR count). The molecule has 5 nitrogen and oxygen atoms in total. The first-order chi connectivity index (χ1) is 7.11. The van der Waals surface area contributed by atoms with Crippen LogP contribution in [0.2, 0.25) is 5.15 Å². The molecule has 0 atom stereocenters. The Balaban J connectivity index is 2.56. The van der Waals surface area contributed by atoms with Gasteiger partial charge in [-0.05, 0) is 6.07 Å². The van der Waals surface area contributed by atoms with Gasteiger partial charge < -0.3 is 5.11 Å². The topological polar surface area (TPSA) is 60.0 Å². The Morgan fingerprint density at radius 1 is 1.53 bits per heavy atom. The SMILES string of the molecule is Cn1nccc1-n1ccc(C(=O)O)c1Cl. The fourth-order valence-electron chi connectivity index (χ4n) is 1.35. The van der Waals surface area contributed by atoms with E-state index in [0.29, 0.717) is 5.82 Å². The van der Waals surface area contributed by atoms with E-state index in [-0.39, 0.29) is 10.7 Å². The number of hydrogen-bond donors (Lipinski definition) is 1. The second-order valence-corrected chi connectivity index (χ2v) is 3.37. The molecule has 0 saturated heterocycles. The molecular weight excluding hydrogens is 218 g/mol. The maximum atomic E-state index is 10.8. The molecular formula is C9H8ClN3O2. The van der Waals surface area contributed by atoms with Crippen LogP contribution in [0.4, 0.5) is 0 Å². The van der Waals surface area contributed by atoms with E-state index in [4.69, 9.17) is 16.7 Å². The predicted octanol–water partition coefficient (Wildman–Crippen LogP) is 1.56. The maximum Gasteiger partial charge on any atom is 0.338 e. The molecule has 0 saturated carbocycles. The zero-order valence-electron chi connectivity index (χ0n) is 7.88. The summed E-state index contributed by atoms with van der Waals surface area (Å²) in [7, 11) is 1.76. The van der Waals surface area contributed by atoms with Crippen molar-refractivity contribution in [3.05, 3.63) is 35.2 Å². The Labute approximate surface area is 90.5 Å². The number of aromatic nitrogens is 3. The quantitative estimate of drug-likeness (QED) is 0.844. The van der Waals surface area contributed by atoms with Crippen molar-refractivity contribution >= 4 is 17.6 Å². The van der Waals surface area contributed by atoms with Crippen molar-refractivity contribution in [2.75, 3.05) is 0 Å². The van der Waals surface area contributed by atoms with Gasteiger partial charge in [0.25, 0.3) is 0 Å². The number of hydrogen-bond acceptors (Lipinski definition) is 2. The van der Waals surface area contributed by atoms with Crippen LogP contribution in [0.5, 0.6) is 0 Å². The van der Waals surface area contributed by atoms with Crippen molar-refractivity contribution in [1.82, 2.24) is 14.3 Å². The summed E-state index contributed by atoms with van der Waals surface area (Å²) in [5, 5.41) is 13.0. The van der Waals surface area contributed by atoms with E-state index in [1.165, 1.54) is 6.07 Å². The number of carbonyl (C=O) groups is 1. The van der Waals surface area contributed by atoms with Crippen LogP contribution in [-0.4, -0.2) is 25.4 Å². The third kappa shape index (κ3) is 1.50. The Morgan fingerprint density at radius 2 is 2.27 bits per heavy atom. The summed E-state index contributed by atoms with van der Waals surface area (Å²) >= 11 is 5.92. The highest BCUT2D eigenvalue weighted by Crippen LogP contribution is 2.21. The fourth-order valence-corrected chi connectivity index (χ4v) is 1.64. The van der Waals surface area contributed by atoms with Gasteiger partial charge in [0, 0.05) is 19.3 Å². The van der Waals surface area contributed by atoms with Crippen molar-refractivity contribution in [2.45, 2.75) is 0 Å². The highest BCUT2D eigenvalue weighted by atomic mass is 35.5. The molecule has 2 aromatic rings. The molecule has 0 aliphatic rings. The number of nitrogens with zero attached hydrogens (tertiary/aromatic N) is 3. The average Bonchev–Trinajstić information content (AvgIpc) is 2.71. The van der Waals surface area contributed by atoms with Crippen LogP contribution in [0.25, 0.3) is 5.82 Å². The Kier molecular flexibility index (Phi) is 2.24. The molecule has 6 heteroatoms. The zero-order valence-corrected chi connectivity index (χ0v) is 8.64. The van der Waals surface area contributed by atoms with Crippen LogP contribution >= 0.6 is 11.6 Å². The smallest absolute Gasteiger partial charge is 0.338 e. The first-order valence-electron chi connectivity index (χ1n) is 4.20. The molecule has 0 aliphatic carbocycles. The van der Waals surface area contributed by atoms with Crippen LogP contribution in [0.15, 0.2) is 24.5 Å². The lowest BCUT2D eigenvalue weighted by Gasteiger charge is -2.04. The van der Waals surface area contributed by atoms with E-state index in [2.05, 4.69) is 5.10 Å². The van der Waals surface area contributed by atoms with Crippen LogP contribution in [-0.2, 0) is 7.05 Å². The van der Waals surface area contributed by atoms with E-state index in [1.807, 2.05) is 0 Å². The van der Waals surface area contributed by atoms with Crippen LogP contribution < -0.4 is 0 Å². The number of aromatic carboxylic acids is 1. The second-order valence-electron chi connectivity index (χ2n) is 3.01. The average molecular weight is 226 g/mol. The monoisotopic (exact) mass is 225 g/mol. The Morgan fingerprint density at radius 3 is 2.73 bits per heavy atom. The van der Waals surface area contributed by atoms with Crippen LogP contribution in [0, 0.1) is 0 Å². The van der Waals surface area contributed by atoms with Gasteiger partial charge in [0.15, 0.2) is 0 Å². The Hall–Kier alpha value is -1.75. The van der Waals surface area contributed by atoms with Crippen molar-refractivity contribution in [2.24, 2.45) is 7.05 Å². The summed E-state index contributed by atoms with van der Waals surface area (Å²) in [6, 6.07) is 3.20. The molecule has 78 valence electrons. The lowest BCUT2D eigenvalue weighted by Crippen LogP contribution is -2.03. The van der Waals surface area contributed by atoms with Crippen molar-refractivity contribution in [3.63, 3.8) is 0 Å². The standard InChI is InChI=1S/C9H8ClN3O2/c1-12-7(2-4-11-12)13-5-3-6(8(13)10)9(14)15/h2-5H,1H3,(H,14,15). The minimum Gasteiger partial charge on any atom is -0.478 e. The minimum atomic E-state index is -1.04. The molecule has 15 heavy (non-hydrogen) atoms. The Bertz CT molecular complexity index is 515. The van der Waals surface area contributed by atoms with Gasteiger partial charge in [-0.1, -0.05) is 11.6 Å². The van der Waals surface area contributed by atoms with Gasteiger partial charge in [0.2, 0.25) is 0 Å². The fraction of sp³-hybridized carbons (Fsp3) is 0.111. The van der Waals surface area contributed by atoms with Gasteiger partial charge in [-0.25, -0.2) is 4.79 Å². The third-order valence-corrected chi connectivity index (χ3v) is 2.48. The van der Waals surface area contributed by atoms with Gasteiger partial charge in [0.1, 0.15) is 11.0 Å². The molecule has 2 aromatic heterocycles. The van der Waals surface area contributed by atoms with Crippen molar-refractivity contribution < 1.29 is 9.90 Å². The highest BCUT2D eigenvalue weighted by Gasteiger charge is 2.15. The van der Waals surface area contributed by atoms with Gasteiger partial charge in [0.05, 0.1) is 11.8 Å². The van der Waals surface area contributed by atoms with E-state index >= 15 is 0 Å². The largest absolute Gasteiger partial charge is 0.478 e. The van der Waals surface area contributed by atoms with Gasteiger partial charge in [-0.2, -0.15) is 5.10 Å². The summed E-state index contributed by atoms with van der Waals surface area (Å²) in [6.45, 7) is 0. The van der Waals surface area contributed by atoms with Crippen LogP contribution in [0.3, 0.4) is 0 Å². The van der Waals surface area contributed by atoms with Crippen molar-refractivity contribution in [3.8, 4) is 5.82 Å². The maximum absolute atomic E-state index is 10.8. The minimum absolute atomic E-state index is 0.0814. The zero-order chi connectivity index (χ0) is 11.0. The van der Waals surface area contributed by atoms with Gasteiger partial charge in [-0.15, -0.1) is 0 Å². The molecule has 0 amide bonds. The molecule has 2 heterocycles. The first kappa shape index (κ1) is 9.79. The van der Waals surface area contributed by atoms with E-state index in [9.17, 15) is 4.79 Å². The molecule has 0 spiro atoms. The molecule has 1 N–H and O–H groups in total. The normalized spacial score (nSPS) is 10.5. The summed E-state index contributed by atoms with van der Waals surface area (Å²) in [6.07, 6.45) is 3.22. The molecule has 0 fully saturated rings. The lowest BCUT2D eigenvalue weighted by atomic mass is 10.3. The van der Waals surface area contributed by atoms with E-state index < -0.39 is 5.97 Å². The number of rotatable bonds is 2. The molecule has 0 unspecified atom stereocenters. The molecule has 0 bridgehead atoms. The summed E-state index contributed by atoms with van der Waals surface area (Å²) in [4.78, 5) is 10.8. The highest BCUT2D eigenvalue weighted by molar-refractivity contribution is 6.32. The second kappa shape index (κ2) is 3.43. The van der Waals surface area contributed by atoms with Crippen molar-refractivity contribution in [1.29, 1.82) is 0 Å². The van der Waals surface area contributed by atoms with E-state index in [0.717, 1.165) is 0 Å². The van der Waals surface area contributed by atoms with Crippen LogP contribution in [0.1, 0.15) is 10.4 Å². The number of carboxylic acids is 1. The third-order valence-electron chi connectivity index (χ3n) is 2.10. The summed E-state index contributed by atoms with van der Waals surface area (Å²) in [5.41, 5.74) is 0.0814. The lowest BCUT2D eigenvalue weighted by molar-refractivity contribution is 0.0697. The first-order valence-corrected chi connectivity index (χ1v) is 4.57. The number of aryl methyl sites for hydroxylation is 1. The predicted molar refractivity (Wildman–Crippen MR) is 54.5 cm³/mol. The van der Waals surface area contributed by atoms with E-state index in [1.54, 1.807) is 34.8 Å². The molecule has 0 radical (unpaired) electrons. The van der Waals surface area contributed by atoms with Gasteiger partial charge in [-0.3, -0.25) is 9.25 Å².